The molecule has 0 fully saturated rings. The van der Waals surface area contributed by atoms with E-state index in [2.05, 4.69) is 4.98 Å². The summed E-state index contributed by atoms with van der Waals surface area (Å²) in [6.45, 7) is 5.42. The molecular formula is C15H14FNO. The van der Waals surface area contributed by atoms with E-state index < -0.39 is 5.82 Å². The molecule has 0 N–H and O–H groups in total. The Morgan fingerprint density at radius 2 is 1.83 bits per heavy atom. The first-order chi connectivity index (χ1) is 8.47. The molecule has 1 aromatic carbocycles. The number of benzene rings is 1. The summed E-state index contributed by atoms with van der Waals surface area (Å²) in [5, 5.41) is 0. The van der Waals surface area contributed by atoms with Crippen molar-refractivity contribution in [1.82, 2.24) is 4.98 Å². The summed E-state index contributed by atoms with van der Waals surface area (Å²) in [6, 6.07) is 7.86. The standard InChI is InChI=1S/C15H14FNO/c1-9-6-12(8-13(16)7-9)15(18)14-5-4-10(2)17-11(14)3/h4-8H,1-3H3. The molecule has 2 nitrogen and oxygen atoms in total. The smallest absolute Gasteiger partial charge is 0.194 e. The van der Waals surface area contributed by atoms with E-state index in [4.69, 9.17) is 0 Å². The van der Waals surface area contributed by atoms with Gasteiger partial charge in [-0.15, -0.1) is 0 Å². The van der Waals surface area contributed by atoms with Crippen LogP contribution in [-0.2, 0) is 0 Å². The second-order valence-corrected chi connectivity index (χ2v) is 4.43. The summed E-state index contributed by atoms with van der Waals surface area (Å²) in [4.78, 5) is 16.5. The zero-order valence-electron chi connectivity index (χ0n) is 10.6. The van der Waals surface area contributed by atoms with Gasteiger partial charge in [-0.1, -0.05) is 0 Å². The van der Waals surface area contributed by atoms with E-state index in [0.717, 1.165) is 11.3 Å². The average molecular weight is 243 g/mol. The number of rotatable bonds is 2. The number of carbonyl (C=O) groups excluding carboxylic acids is 1. The van der Waals surface area contributed by atoms with E-state index in [-0.39, 0.29) is 5.78 Å². The number of pyridine rings is 1. The van der Waals surface area contributed by atoms with Crippen molar-refractivity contribution in [1.29, 1.82) is 0 Å². The molecule has 18 heavy (non-hydrogen) atoms. The minimum Gasteiger partial charge on any atom is -0.289 e. The SMILES string of the molecule is Cc1cc(F)cc(C(=O)c2ccc(C)nc2C)c1. The van der Waals surface area contributed by atoms with Crippen molar-refractivity contribution in [2.45, 2.75) is 20.8 Å². The van der Waals surface area contributed by atoms with Gasteiger partial charge in [0.25, 0.3) is 0 Å². The lowest BCUT2D eigenvalue weighted by Gasteiger charge is -2.06. The molecule has 2 rings (SSSR count). The first-order valence-corrected chi connectivity index (χ1v) is 5.73. The van der Waals surface area contributed by atoms with Gasteiger partial charge in [-0.25, -0.2) is 4.39 Å². The van der Waals surface area contributed by atoms with Crippen LogP contribution in [0.5, 0.6) is 0 Å². The summed E-state index contributed by atoms with van der Waals surface area (Å²) >= 11 is 0. The monoisotopic (exact) mass is 243 g/mol. The third-order valence-electron chi connectivity index (χ3n) is 2.77. The quantitative estimate of drug-likeness (QED) is 0.757. The zero-order chi connectivity index (χ0) is 13.3. The predicted octanol–water partition coefficient (Wildman–Crippen LogP) is 3.38. The van der Waals surface area contributed by atoms with E-state index in [1.807, 2.05) is 6.92 Å². The number of hydrogen-bond donors (Lipinski definition) is 0. The van der Waals surface area contributed by atoms with Crippen LogP contribution in [0, 0.1) is 26.6 Å². The van der Waals surface area contributed by atoms with Gasteiger partial charge in [-0.2, -0.15) is 0 Å². The summed E-state index contributed by atoms with van der Waals surface area (Å²) in [5.41, 5.74) is 3.14. The molecule has 92 valence electrons. The third kappa shape index (κ3) is 2.45. The van der Waals surface area contributed by atoms with Crippen molar-refractivity contribution >= 4 is 5.78 Å². The highest BCUT2D eigenvalue weighted by Gasteiger charge is 2.13. The second-order valence-electron chi connectivity index (χ2n) is 4.43. The molecule has 0 bridgehead atoms. The van der Waals surface area contributed by atoms with E-state index in [1.54, 1.807) is 32.0 Å². The Morgan fingerprint density at radius 3 is 2.44 bits per heavy atom. The van der Waals surface area contributed by atoms with Gasteiger partial charge < -0.3 is 0 Å². The molecular weight excluding hydrogens is 229 g/mol. The number of aromatic nitrogens is 1. The highest BCUT2D eigenvalue weighted by molar-refractivity contribution is 6.09. The summed E-state index contributed by atoms with van der Waals surface area (Å²) in [6.07, 6.45) is 0. The van der Waals surface area contributed by atoms with Crippen LogP contribution in [0.15, 0.2) is 30.3 Å². The number of nitrogens with zero attached hydrogens (tertiary/aromatic N) is 1. The molecule has 3 heteroatoms. The van der Waals surface area contributed by atoms with Crippen LogP contribution in [0.4, 0.5) is 4.39 Å². The molecule has 0 aliphatic carbocycles. The number of hydrogen-bond acceptors (Lipinski definition) is 2. The maximum Gasteiger partial charge on any atom is 0.194 e. The van der Waals surface area contributed by atoms with Crippen LogP contribution in [-0.4, -0.2) is 10.8 Å². The fourth-order valence-electron chi connectivity index (χ4n) is 1.95. The topological polar surface area (TPSA) is 30.0 Å². The van der Waals surface area contributed by atoms with Crippen LogP contribution in [0.1, 0.15) is 32.9 Å². The van der Waals surface area contributed by atoms with Crippen molar-refractivity contribution in [2.75, 3.05) is 0 Å². The molecule has 0 aliphatic rings. The Balaban J connectivity index is 2.47. The van der Waals surface area contributed by atoms with Crippen molar-refractivity contribution in [3.63, 3.8) is 0 Å². The molecule has 0 saturated heterocycles. The Bertz CT molecular complexity index is 600. The van der Waals surface area contributed by atoms with Crippen LogP contribution in [0.25, 0.3) is 0 Å². The minimum atomic E-state index is -0.393. The Morgan fingerprint density at radius 1 is 1.11 bits per heavy atom. The summed E-state index contributed by atoms with van der Waals surface area (Å²) in [5.74, 6) is -0.585. The molecule has 1 heterocycles. The van der Waals surface area contributed by atoms with Gasteiger partial charge in [0.1, 0.15) is 5.82 Å². The van der Waals surface area contributed by atoms with Gasteiger partial charge in [-0.3, -0.25) is 9.78 Å². The Labute approximate surface area is 105 Å². The molecule has 0 radical (unpaired) electrons. The maximum atomic E-state index is 13.3. The average Bonchev–Trinajstić information content (AvgIpc) is 2.26. The zero-order valence-corrected chi connectivity index (χ0v) is 10.6. The van der Waals surface area contributed by atoms with E-state index in [1.165, 1.54) is 12.1 Å². The first-order valence-electron chi connectivity index (χ1n) is 5.73. The number of ketones is 1. The lowest BCUT2D eigenvalue weighted by Crippen LogP contribution is -2.06. The van der Waals surface area contributed by atoms with Gasteiger partial charge >= 0.3 is 0 Å². The normalized spacial score (nSPS) is 10.4. The van der Waals surface area contributed by atoms with E-state index in [0.29, 0.717) is 16.8 Å². The minimum absolute atomic E-state index is 0.192. The molecule has 0 saturated carbocycles. The molecule has 0 amide bonds. The van der Waals surface area contributed by atoms with Crippen LogP contribution in [0.2, 0.25) is 0 Å². The Hall–Kier alpha value is -2.03. The second kappa shape index (κ2) is 4.69. The van der Waals surface area contributed by atoms with E-state index >= 15 is 0 Å². The lowest BCUT2D eigenvalue weighted by molar-refractivity contribution is 0.103. The van der Waals surface area contributed by atoms with Crippen molar-refractivity contribution in [2.24, 2.45) is 0 Å². The van der Waals surface area contributed by atoms with Crippen LogP contribution >= 0.6 is 0 Å². The van der Waals surface area contributed by atoms with E-state index in [9.17, 15) is 9.18 Å². The van der Waals surface area contributed by atoms with Crippen LogP contribution in [0.3, 0.4) is 0 Å². The number of aryl methyl sites for hydroxylation is 3. The largest absolute Gasteiger partial charge is 0.289 e. The maximum absolute atomic E-state index is 13.3. The fraction of sp³-hybridized carbons (Fsp3) is 0.200. The number of halogens is 1. The van der Waals surface area contributed by atoms with Crippen molar-refractivity contribution in [3.8, 4) is 0 Å². The Kier molecular flexibility index (Phi) is 3.24. The summed E-state index contributed by atoms with van der Waals surface area (Å²) < 4.78 is 13.3. The lowest BCUT2D eigenvalue weighted by atomic mass is 10.0. The third-order valence-corrected chi connectivity index (χ3v) is 2.77. The fourth-order valence-corrected chi connectivity index (χ4v) is 1.95. The predicted molar refractivity (Wildman–Crippen MR) is 68.3 cm³/mol. The highest BCUT2D eigenvalue weighted by Crippen LogP contribution is 2.16. The van der Waals surface area contributed by atoms with Gasteiger partial charge in [-0.05, 0) is 56.7 Å². The van der Waals surface area contributed by atoms with Gasteiger partial charge in [0.15, 0.2) is 5.78 Å². The summed E-state index contributed by atoms with van der Waals surface area (Å²) in [7, 11) is 0. The highest BCUT2D eigenvalue weighted by atomic mass is 19.1. The molecule has 0 unspecified atom stereocenters. The molecule has 1 aromatic heterocycles. The molecule has 0 spiro atoms. The first kappa shape index (κ1) is 12.4. The molecule has 0 aliphatic heterocycles. The van der Waals surface area contributed by atoms with Gasteiger partial charge in [0.2, 0.25) is 0 Å². The van der Waals surface area contributed by atoms with Gasteiger partial charge in [0, 0.05) is 22.5 Å². The van der Waals surface area contributed by atoms with Crippen molar-refractivity contribution < 1.29 is 9.18 Å². The van der Waals surface area contributed by atoms with Crippen LogP contribution < -0.4 is 0 Å². The molecule has 2 aromatic rings. The number of carbonyl (C=O) groups is 1. The van der Waals surface area contributed by atoms with Gasteiger partial charge in [0.05, 0.1) is 0 Å². The molecule has 0 atom stereocenters. The van der Waals surface area contributed by atoms with Crippen molar-refractivity contribution in [3.05, 3.63) is 64.2 Å².